The lowest BCUT2D eigenvalue weighted by Crippen LogP contribution is -3.00. The summed E-state index contributed by atoms with van der Waals surface area (Å²) in [6.07, 6.45) is 13.6. The summed E-state index contributed by atoms with van der Waals surface area (Å²) in [5.41, 5.74) is 0. The van der Waals surface area contributed by atoms with Crippen molar-refractivity contribution >= 4 is 7.87 Å². The van der Waals surface area contributed by atoms with E-state index in [9.17, 15) is 0 Å². The molecule has 0 aromatic carbocycles. The number of hydrogen-bond acceptors (Lipinski definition) is 4. The molecule has 0 atom stereocenters. The van der Waals surface area contributed by atoms with Crippen LogP contribution in [0.4, 0.5) is 0 Å². The van der Waals surface area contributed by atoms with Crippen molar-refractivity contribution in [2.75, 3.05) is 55.4 Å². The second kappa shape index (κ2) is 16.5. The maximum Gasteiger partial charge on any atom is 0.307 e. The highest BCUT2D eigenvalue weighted by atomic mass is 35.5. The Morgan fingerprint density at radius 1 is 0.500 bits per heavy atom. The monoisotopic (exact) mass is 410 g/mol. The van der Waals surface area contributed by atoms with Gasteiger partial charge >= 0.3 is 7.87 Å². The van der Waals surface area contributed by atoms with E-state index in [0.29, 0.717) is 0 Å². The molecule has 0 aromatic rings. The van der Waals surface area contributed by atoms with Gasteiger partial charge in [-0.25, -0.2) is 0 Å². The van der Waals surface area contributed by atoms with E-state index in [1.165, 1.54) is 77.3 Å². The fraction of sp³-hybridized carbons (Fsp3) is 1.00. The molecule has 0 heterocycles. The van der Waals surface area contributed by atoms with Crippen molar-refractivity contribution in [1.82, 2.24) is 18.7 Å². The lowest BCUT2D eigenvalue weighted by atomic mass is 10.1. The van der Waals surface area contributed by atoms with Gasteiger partial charge in [-0.05, 0) is 12.8 Å². The highest BCUT2D eigenvalue weighted by molar-refractivity contribution is 7.66. The van der Waals surface area contributed by atoms with Gasteiger partial charge in [0.15, 0.2) is 0 Å². The number of unbranched alkanes of at least 4 members (excludes halogenated alkanes) is 8. The van der Waals surface area contributed by atoms with E-state index in [4.69, 9.17) is 0 Å². The number of halogens is 1. The average Bonchev–Trinajstić information content (AvgIpc) is 2.53. The molecule has 6 heteroatoms. The summed E-state index contributed by atoms with van der Waals surface area (Å²) in [6, 6.07) is 0. The van der Waals surface area contributed by atoms with Gasteiger partial charge in [-0.3, -0.25) is 0 Å². The molecule has 0 aliphatic heterocycles. The quantitative estimate of drug-likeness (QED) is 0.286. The van der Waals surface area contributed by atoms with Crippen molar-refractivity contribution in [3.05, 3.63) is 0 Å². The first kappa shape index (κ1) is 28.8. The highest BCUT2D eigenvalue weighted by Gasteiger charge is 2.53. The molecule has 160 valence electrons. The fourth-order valence-electron chi connectivity index (χ4n) is 4.01. The third-order valence-electron chi connectivity index (χ3n) is 5.03. The van der Waals surface area contributed by atoms with Gasteiger partial charge in [0, 0.05) is 55.4 Å². The second-order valence-electron chi connectivity index (χ2n) is 7.86. The zero-order valence-electron chi connectivity index (χ0n) is 19.1. The summed E-state index contributed by atoms with van der Waals surface area (Å²) in [4.78, 5) is 0. The van der Waals surface area contributed by atoms with Crippen molar-refractivity contribution < 1.29 is 12.4 Å². The Labute approximate surface area is 172 Å². The molecule has 0 N–H and O–H groups in total. The molecule has 0 amide bonds. The van der Waals surface area contributed by atoms with E-state index < -0.39 is 7.87 Å². The molecule has 0 fully saturated rings. The fourth-order valence-corrected chi connectivity index (χ4v) is 8.49. The lowest BCUT2D eigenvalue weighted by molar-refractivity contribution is -0.00000589. The van der Waals surface area contributed by atoms with Crippen LogP contribution in [0.15, 0.2) is 0 Å². The SMILES string of the molecule is CCCCCCCN(CCCCCCC)[P+](N(C)C)(N(C)C)N(C)C.[Cl-]. The second-order valence-corrected chi connectivity index (χ2v) is 11.9. The van der Waals surface area contributed by atoms with E-state index in [0.717, 1.165) is 0 Å². The molecule has 0 aliphatic carbocycles. The van der Waals surface area contributed by atoms with Crippen LogP contribution in [0.2, 0.25) is 0 Å². The van der Waals surface area contributed by atoms with Crippen molar-refractivity contribution in [2.24, 2.45) is 0 Å². The third-order valence-corrected chi connectivity index (χ3v) is 9.41. The van der Waals surface area contributed by atoms with Gasteiger partial charge in [0.2, 0.25) is 0 Å². The zero-order chi connectivity index (χ0) is 19.3. The van der Waals surface area contributed by atoms with E-state index >= 15 is 0 Å². The van der Waals surface area contributed by atoms with Crippen molar-refractivity contribution in [2.45, 2.75) is 78.1 Å². The Morgan fingerprint density at radius 2 is 0.808 bits per heavy atom. The number of rotatable bonds is 16. The number of hydrogen-bond donors (Lipinski definition) is 0. The topological polar surface area (TPSA) is 13.0 Å². The number of nitrogens with zero attached hydrogens (tertiary/aromatic N) is 4. The van der Waals surface area contributed by atoms with Gasteiger partial charge in [0.25, 0.3) is 0 Å². The maximum atomic E-state index is 2.81. The minimum Gasteiger partial charge on any atom is -1.00 e. The minimum absolute atomic E-state index is 0. The van der Waals surface area contributed by atoms with Gasteiger partial charge in [-0.2, -0.15) is 0 Å². The zero-order valence-corrected chi connectivity index (χ0v) is 20.7. The normalized spacial score (nSPS) is 12.5. The molecule has 0 saturated carbocycles. The summed E-state index contributed by atoms with van der Waals surface area (Å²) in [5, 5.41) is 0. The van der Waals surface area contributed by atoms with Gasteiger partial charge in [0.1, 0.15) is 0 Å². The predicted octanol–water partition coefficient (Wildman–Crippen LogP) is 2.60. The Balaban J connectivity index is 0. The van der Waals surface area contributed by atoms with Gasteiger partial charge in [-0.15, -0.1) is 18.7 Å². The van der Waals surface area contributed by atoms with Crippen LogP contribution in [0.1, 0.15) is 78.1 Å². The van der Waals surface area contributed by atoms with Crippen LogP contribution >= 0.6 is 7.87 Å². The Morgan fingerprint density at radius 3 is 1.08 bits per heavy atom. The first-order valence-corrected chi connectivity index (χ1v) is 12.1. The molecule has 0 aromatic heterocycles. The summed E-state index contributed by atoms with van der Waals surface area (Å²) < 4.78 is 10.2. The van der Waals surface area contributed by atoms with Gasteiger partial charge in [0.05, 0.1) is 0 Å². The summed E-state index contributed by atoms with van der Waals surface area (Å²) >= 11 is 0. The van der Waals surface area contributed by atoms with Gasteiger partial charge in [-0.1, -0.05) is 65.2 Å². The minimum atomic E-state index is -1.60. The molecule has 0 unspecified atom stereocenters. The van der Waals surface area contributed by atoms with Crippen LogP contribution in [-0.4, -0.2) is 74.1 Å². The van der Waals surface area contributed by atoms with Crippen molar-refractivity contribution in [1.29, 1.82) is 0 Å². The molecule has 0 rings (SSSR count). The summed E-state index contributed by atoms with van der Waals surface area (Å²) in [7, 11) is 12.0. The maximum absolute atomic E-state index is 2.81. The van der Waals surface area contributed by atoms with Crippen LogP contribution in [-0.2, 0) is 0 Å². The van der Waals surface area contributed by atoms with Crippen LogP contribution in [0.5, 0.6) is 0 Å². The predicted molar refractivity (Wildman–Crippen MR) is 117 cm³/mol. The average molecular weight is 411 g/mol. The van der Waals surface area contributed by atoms with Crippen molar-refractivity contribution in [3.63, 3.8) is 0 Å². The molecule has 26 heavy (non-hydrogen) atoms. The van der Waals surface area contributed by atoms with Crippen molar-refractivity contribution in [3.8, 4) is 0 Å². The summed E-state index contributed by atoms with van der Waals surface area (Å²) in [6.45, 7) is 7.03. The Hall–Kier alpha value is 0.560. The molecule has 0 radical (unpaired) electrons. The Bertz CT molecular complexity index is 278. The Kier molecular flexibility index (Phi) is 18.3. The summed E-state index contributed by atoms with van der Waals surface area (Å²) in [5.74, 6) is 0. The molecule has 4 nitrogen and oxygen atoms in total. The molecular weight excluding hydrogens is 363 g/mol. The van der Waals surface area contributed by atoms with Crippen LogP contribution in [0.3, 0.4) is 0 Å². The first-order chi connectivity index (χ1) is 11.8. The first-order valence-electron chi connectivity index (χ1n) is 10.5. The van der Waals surface area contributed by atoms with Crippen LogP contribution in [0, 0.1) is 0 Å². The lowest BCUT2D eigenvalue weighted by Gasteiger charge is -2.45. The molecule has 0 saturated heterocycles. The highest BCUT2D eigenvalue weighted by Crippen LogP contribution is 2.66. The largest absolute Gasteiger partial charge is 1.00 e. The van der Waals surface area contributed by atoms with Crippen LogP contribution in [0.25, 0.3) is 0 Å². The third kappa shape index (κ3) is 9.17. The molecule has 0 spiro atoms. The van der Waals surface area contributed by atoms with E-state index in [1.807, 2.05) is 0 Å². The standard InChI is InChI=1S/C20H48N4P.ClH/c1-9-11-13-15-17-19-24(20-18-16-14-12-10-2)25(21(3)4,22(5)6)23(7)8;/h9-20H2,1-8H3;1H/q+1;/p-1. The molecule has 0 bridgehead atoms. The van der Waals surface area contributed by atoms with E-state index in [2.05, 4.69) is 74.8 Å². The molecular formula is C20H48ClN4P. The molecule has 0 aliphatic rings. The van der Waals surface area contributed by atoms with Gasteiger partial charge < -0.3 is 12.4 Å². The van der Waals surface area contributed by atoms with E-state index in [-0.39, 0.29) is 12.4 Å². The smallest absolute Gasteiger partial charge is 0.307 e. The van der Waals surface area contributed by atoms with E-state index in [1.54, 1.807) is 0 Å². The van der Waals surface area contributed by atoms with Crippen LogP contribution < -0.4 is 12.4 Å².